The lowest BCUT2D eigenvalue weighted by Gasteiger charge is -2.28. The van der Waals surface area contributed by atoms with E-state index in [0.717, 1.165) is 12.4 Å². The second-order valence-corrected chi connectivity index (χ2v) is 6.31. The van der Waals surface area contributed by atoms with Crippen LogP contribution < -0.4 is 10.2 Å². The van der Waals surface area contributed by atoms with Crippen LogP contribution in [0.3, 0.4) is 0 Å². The summed E-state index contributed by atoms with van der Waals surface area (Å²) in [5, 5.41) is 2.84. The van der Waals surface area contributed by atoms with Crippen LogP contribution in [-0.4, -0.2) is 21.9 Å². The molecule has 0 aliphatic heterocycles. The number of amides is 1. The third-order valence-electron chi connectivity index (χ3n) is 4.04. The van der Waals surface area contributed by atoms with Crippen LogP contribution in [0.25, 0.3) is 0 Å². The highest BCUT2D eigenvalue weighted by Crippen LogP contribution is 2.20. The fourth-order valence-electron chi connectivity index (χ4n) is 2.64. The summed E-state index contributed by atoms with van der Waals surface area (Å²) in [6, 6.07) is 17.9. The highest BCUT2D eigenvalue weighted by Gasteiger charge is 2.13. The van der Waals surface area contributed by atoms with Crippen LogP contribution in [0.15, 0.2) is 73.2 Å². The van der Waals surface area contributed by atoms with Crippen molar-refractivity contribution in [2.24, 2.45) is 0 Å². The maximum absolute atomic E-state index is 12.2. The molecule has 0 aliphatic rings. The van der Waals surface area contributed by atoms with E-state index in [2.05, 4.69) is 46.2 Å². The number of carbonyl (C=O) groups excluding carboxylic acids is 1. The summed E-state index contributed by atoms with van der Waals surface area (Å²) in [6.45, 7) is 5.07. The molecule has 0 aliphatic carbocycles. The van der Waals surface area contributed by atoms with Gasteiger partial charge in [0.2, 0.25) is 0 Å². The number of carbonyl (C=O) groups is 1. The Balaban J connectivity index is 1.71. The average molecular weight is 346 g/mol. The predicted octanol–water partition coefficient (Wildman–Crippen LogP) is 4.14. The molecule has 5 nitrogen and oxygen atoms in total. The third-order valence-corrected chi connectivity index (χ3v) is 4.04. The van der Waals surface area contributed by atoms with Crippen LogP contribution in [-0.2, 0) is 6.54 Å². The van der Waals surface area contributed by atoms with E-state index >= 15 is 0 Å². The molecular weight excluding hydrogens is 324 g/mol. The molecule has 0 unspecified atom stereocenters. The van der Waals surface area contributed by atoms with Crippen LogP contribution in [0.1, 0.15) is 29.8 Å². The summed E-state index contributed by atoms with van der Waals surface area (Å²) in [7, 11) is 0. The third kappa shape index (κ3) is 4.45. The Bertz CT molecular complexity index is 833. The first kappa shape index (κ1) is 17.6. The summed E-state index contributed by atoms with van der Waals surface area (Å²) in [5.74, 6) is 0.681. The molecule has 0 fully saturated rings. The second kappa shape index (κ2) is 8.25. The molecule has 0 saturated carbocycles. The van der Waals surface area contributed by atoms with Gasteiger partial charge in [0, 0.05) is 25.0 Å². The van der Waals surface area contributed by atoms with Gasteiger partial charge in [-0.15, -0.1) is 0 Å². The minimum absolute atomic E-state index is 0.197. The Kier molecular flexibility index (Phi) is 5.59. The van der Waals surface area contributed by atoms with Crippen molar-refractivity contribution in [1.82, 2.24) is 9.97 Å². The summed E-state index contributed by atoms with van der Waals surface area (Å²) < 4.78 is 0. The van der Waals surface area contributed by atoms with Gasteiger partial charge in [-0.05, 0) is 43.7 Å². The summed E-state index contributed by atoms with van der Waals surface area (Å²) in [6.07, 6.45) is 4.86. The van der Waals surface area contributed by atoms with Crippen molar-refractivity contribution in [2.75, 3.05) is 10.2 Å². The number of anilines is 2. The molecule has 0 radical (unpaired) electrons. The minimum Gasteiger partial charge on any atom is -0.350 e. The summed E-state index contributed by atoms with van der Waals surface area (Å²) in [5.41, 5.74) is 2.41. The molecule has 132 valence electrons. The van der Waals surface area contributed by atoms with Crippen molar-refractivity contribution < 1.29 is 4.79 Å². The second-order valence-electron chi connectivity index (χ2n) is 6.31. The number of hydrogen-bond acceptors (Lipinski definition) is 4. The number of nitrogens with zero attached hydrogens (tertiary/aromatic N) is 3. The molecule has 0 saturated heterocycles. The van der Waals surface area contributed by atoms with Crippen molar-refractivity contribution in [2.45, 2.75) is 26.4 Å². The van der Waals surface area contributed by atoms with E-state index in [-0.39, 0.29) is 5.91 Å². The predicted molar refractivity (Wildman–Crippen MR) is 104 cm³/mol. The van der Waals surface area contributed by atoms with Crippen LogP contribution in [0.5, 0.6) is 0 Å². The zero-order chi connectivity index (χ0) is 18.4. The molecule has 3 rings (SSSR count). The number of hydrogen-bond donors (Lipinski definition) is 1. The quantitative estimate of drug-likeness (QED) is 0.729. The van der Waals surface area contributed by atoms with Gasteiger partial charge in [0.25, 0.3) is 5.91 Å². The van der Waals surface area contributed by atoms with Crippen molar-refractivity contribution in [1.29, 1.82) is 0 Å². The molecule has 0 atom stereocenters. The molecule has 5 heteroatoms. The Labute approximate surface area is 153 Å². The maximum atomic E-state index is 12.2. The Hall–Kier alpha value is -3.21. The van der Waals surface area contributed by atoms with Crippen LogP contribution >= 0.6 is 0 Å². The first-order valence-electron chi connectivity index (χ1n) is 8.61. The van der Waals surface area contributed by atoms with Crippen molar-refractivity contribution in [3.63, 3.8) is 0 Å². The number of aromatic nitrogens is 2. The molecule has 0 spiro atoms. The molecule has 1 N–H and O–H groups in total. The van der Waals surface area contributed by atoms with Gasteiger partial charge in [0.15, 0.2) is 0 Å². The van der Waals surface area contributed by atoms with E-state index < -0.39 is 0 Å². The summed E-state index contributed by atoms with van der Waals surface area (Å²) in [4.78, 5) is 22.9. The highest BCUT2D eigenvalue weighted by molar-refractivity contribution is 6.03. The number of benzene rings is 1. The Morgan fingerprint density at radius 2 is 1.85 bits per heavy atom. The monoisotopic (exact) mass is 346 g/mol. The zero-order valence-electron chi connectivity index (χ0n) is 15.0. The van der Waals surface area contributed by atoms with Gasteiger partial charge in [-0.1, -0.05) is 30.3 Å². The van der Waals surface area contributed by atoms with Gasteiger partial charge >= 0.3 is 0 Å². The smallest absolute Gasteiger partial charge is 0.257 e. The van der Waals surface area contributed by atoms with Gasteiger partial charge < -0.3 is 10.2 Å². The molecule has 2 aromatic heterocycles. The lowest BCUT2D eigenvalue weighted by molar-refractivity contribution is 0.102. The van der Waals surface area contributed by atoms with E-state index in [1.807, 2.05) is 30.3 Å². The van der Waals surface area contributed by atoms with Gasteiger partial charge in [-0.3, -0.25) is 9.78 Å². The zero-order valence-corrected chi connectivity index (χ0v) is 15.0. The first-order chi connectivity index (χ1) is 12.6. The largest absolute Gasteiger partial charge is 0.350 e. The van der Waals surface area contributed by atoms with Crippen molar-refractivity contribution >= 4 is 17.4 Å². The minimum atomic E-state index is -0.197. The number of rotatable bonds is 6. The van der Waals surface area contributed by atoms with Gasteiger partial charge in [-0.2, -0.15) is 0 Å². The van der Waals surface area contributed by atoms with E-state index in [1.165, 1.54) is 11.8 Å². The topological polar surface area (TPSA) is 58.1 Å². The van der Waals surface area contributed by atoms with Crippen LogP contribution in [0.4, 0.5) is 11.5 Å². The number of pyridine rings is 2. The van der Waals surface area contributed by atoms with Crippen molar-refractivity contribution in [3.05, 3.63) is 84.3 Å². The fraction of sp³-hybridized carbons (Fsp3) is 0.190. The lowest BCUT2D eigenvalue weighted by atomic mass is 10.2. The molecule has 2 heterocycles. The van der Waals surface area contributed by atoms with Crippen LogP contribution in [0, 0.1) is 0 Å². The first-order valence-corrected chi connectivity index (χ1v) is 8.61. The van der Waals surface area contributed by atoms with E-state index in [9.17, 15) is 4.79 Å². The molecule has 26 heavy (non-hydrogen) atoms. The van der Waals surface area contributed by atoms with E-state index in [4.69, 9.17) is 0 Å². The highest BCUT2D eigenvalue weighted by atomic mass is 16.1. The number of nitrogens with one attached hydrogen (secondary N) is 1. The fourth-order valence-corrected chi connectivity index (χ4v) is 2.64. The van der Waals surface area contributed by atoms with E-state index in [1.54, 1.807) is 24.5 Å². The average Bonchev–Trinajstić information content (AvgIpc) is 2.68. The van der Waals surface area contributed by atoms with Crippen molar-refractivity contribution in [3.8, 4) is 0 Å². The normalized spacial score (nSPS) is 10.6. The van der Waals surface area contributed by atoms with Gasteiger partial charge in [0.1, 0.15) is 5.82 Å². The molecule has 1 amide bonds. The lowest BCUT2D eigenvalue weighted by Crippen LogP contribution is -2.30. The Morgan fingerprint density at radius 1 is 1.04 bits per heavy atom. The SMILES string of the molecule is CC(C)N(Cc1ccccc1)c1ccc(NC(=O)c2cccnc2)cn1. The molecule has 0 bridgehead atoms. The molecule has 3 aromatic rings. The molecule has 1 aromatic carbocycles. The molecular formula is C21H22N4O. The standard InChI is InChI=1S/C21H22N4O/c1-16(2)25(15-17-7-4-3-5-8-17)20-11-10-19(14-23-20)24-21(26)18-9-6-12-22-13-18/h3-14,16H,15H2,1-2H3,(H,24,26). The maximum Gasteiger partial charge on any atom is 0.257 e. The Morgan fingerprint density at radius 3 is 2.46 bits per heavy atom. The van der Waals surface area contributed by atoms with E-state index in [0.29, 0.717) is 17.3 Å². The summed E-state index contributed by atoms with van der Waals surface area (Å²) >= 11 is 0. The van der Waals surface area contributed by atoms with Gasteiger partial charge in [-0.25, -0.2) is 4.98 Å². The van der Waals surface area contributed by atoms with Crippen LogP contribution in [0.2, 0.25) is 0 Å². The van der Waals surface area contributed by atoms with Gasteiger partial charge in [0.05, 0.1) is 17.4 Å².